The van der Waals surface area contributed by atoms with E-state index in [0.29, 0.717) is 17.1 Å². The molecule has 384 valence electrons. The van der Waals surface area contributed by atoms with E-state index in [0.717, 1.165) is 65.9 Å². The molecule has 6 nitrogen and oxygen atoms in total. The molecule has 0 saturated heterocycles. The molecule has 6 heteroatoms. The number of carbonyl (C=O) groups is 2. The summed E-state index contributed by atoms with van der Waals surface area (Å²) in [6, 6.07) is 80.7. The Hall–Kier alpha value is -9.00. The lowest BCUT2D eigenvalue weighted by Gasteiger charge is -2.39. The standard InChI is InChI=1S/C42H41NO2.C29H25NO2/c1-30(2)41(44)45-40-26-18-36(19-27-40)42(28-6-5-7-29-42)35-16-24-39(25-17-35)43(37-20-10-32(4)11-21-37)38-22-14-34(15-23-38)33-12-8-31(3)9-13-33;1-2-29(31)32-28-21-17-24(18-22-28)14-13-23-15-19-27(20-16-23)30(25-9-5-3-6-10-25)26-11-7-4-8-12-26/h8-27H,1,5-7,28-29H2,2-4H3;2-12,15-22H,1,13-14H2. The van der Waals surface area contributed by atoms with Crippen molar-refractivity contribution in [3.63, 3.8) is 0 Å². The van der Waals surface area contributed by atoms with Gasteiger partial charge in [-0.2, -0.15) is 0 Å². The Morgan fingerprint density at radius 2 is 0.805 bits per heavy atom. The van der Waals surface area contributed by atoms with Crippen molar-refractivity contribution in [1.29, 1.82) is 0 Å². The number of hydrogen-bond donors (Lipinski definition) is 0. The number of aryl methyl sites for hydroxylation is 4. The number of benzene rings is 9. The fraction of sp³-hybridized carbons (Fsp3) is 0.155. The quantitative estimate of drug-likeness (QED) is 0.0546. The maximum Gasteiger partial charge on any atom is 0.338 e. The topological polar surface area (TPSA) is 59.1 Å². The summed E-state index contributed by atoms with van der Waals surface area (Å²) in [4.78, 5) is 27.9. The molecule has 0 aromatic heterocycles. The smallest absolute Gasteiger partial charge is 0.338 e. The minimum absolute atomic E-state index is 0.0714. The highest BCUT2D eigenvalue weighted by Crippen LogP contribution is 2.47. The molecule has 0 N–H and O–H groups in total. The molecule has 0 spiro atoms. The predicted octanol–water partition coefficient (Wildman–Crippen LogP) is 18.2. The molecule has 1 aliphatic rings. The molecular weight excluding hydrogens is 945 g/mol. The summed E-state index contributed by atoms with van der Waals surface area (Å²) >= 11 is 0. The van der Waals surface area contributed by atoms with Crippen LogP contribution in [0.4, 0.5) is 34.1 Å². The summed E-state index contributed by atoms with van der Waals surface area (Å²) < 4.78 is 10.6. The molecule has 9 aromatic carbocycles. The zero-order chi connectivity index (χ0) is 53.6. The third-order valence-corrected chi connectivity index (χ3v) is 14.4. The number of hydrogen-bond acceptors (Lipinski definition) is 6. The van der Waals surface area contributed by atoms with Gasteiger partial charge in [0.25, 0.3) is 0 Å². The third kappa shape index (κ3) is 13.3. The first-order valence-corrected chi connectivity index (χ1v) is 26.6. The van der Waals surface area contributed by atoms with Crippen molar-refractivity contribution >= 4 is 46.1 Å². The number of anilines is 6. The Morgan fingerprint density at radius 3 is 1.26 bits per heavy atom. The van der Waals surface area contributed by atoms with E-state index in [1.807, 2.05) is 48.5 Å². The van der Waals surface area contributed by atoms with Crippen LogP contribution in [0, 0.1) is 13.8 Å². The number of ether oxygens (including phenoxy) is 2. The molecule has 1 fully saturated rings. The lowest BCUT2D eigenvalue weighted by molar-refractivity contribution is -0.130. The molecule has 10 rings (SSSR count). The van der Waals surface area contributed by atoms with E-state index in [1.54, 1.807) is 6.92 Å². The number of carbonyl (C=O) groups excluding carboxylic acids is 2. The fourth-order valence-electron chi connectivity index (χ4n) is 10.1. The highest BCUT2D eigenvalue weighted by atomic mass is 16.5. The van der Waals surface area contributed by atoms with Gasteiger partial charge in [-0.1, -0.05) is 177 Å². The van der Waals surface area contributed by atoms with Gasteiger partial charge in [-0.3, -0.25) is 0 Å². The van der Waals surface area contributed by atoms with E-state index in [9.17, 15) is 9.59 Å². The lowest BCUT2D eigenvalue weighted by atomic mass is 9.65. The van der Waals surface area contributed by atoms with E-state index >= 15 is 0 Å². The van der Waals surface area contributed by atoms with Gasteiger partial charge in [0.2, 0.25) is 0 Å². The molecular formula is C71H66N2O4. The van der Waals surface area contributed by atoms with Crippen molar-refractivity contribution in [2.75, 3.05) is 9.80 Å². The molecule has 0 aliphatic heterocycles. The molecule has 0 heterocycles. The highest BCUT2D eigenvalue weighted by Gasteiger charge is 2.36. The second kappa shape index (κ2) is 25.0. The maximum absolute atomic E-state index is 12.1. The van der Waals surface area contributed by atoms with Crippen LogP contribution in [0.2, 0.25) is 0 Å². The normalized spacial score (nSPS) is 12.5. The van der Waals surface area contributed by atoms with Gasteiger partial charge in [0.1, 0.15) is 11.5 Å². The van der Waals surface area contributed by atoms with E-state index in [2.05, 4.69) is 219 Å². The van der Waals surface area contributed by atoms with Crippen LogP contribution in [0.1, 0.15) is 72.4 Å². The molecule has 1 aliphatic carbocycles. The summed E-state index contributed by atoms with van der Waals surface area (Å²) in [7, 11) is 0. The molecule has 0 amide bonds. The van der Waals surface area contributed by atoms with Crippen LogP contribution in [0.3, 0.4) is 0 Å². The number of para-hydroxylation sites is 2. The maximum atomic E-state index is 12.1. The van der Waals surface area contributed by atoms with Crippen molar-refractivity contribution in [2.45, 2.75) is 71.1 Å². The Morgan fingerprint density at radius 1 is 0.455 bits per heavy atom. The van der Waals surface area contributed by atoms with E-state index in [1.165, 1.54) is 63.8 Å². The Labute approximate surface area is 455 Å². The van der Waals surface area contributed by atoms with Crippen molar-refractivity contribution in [2.24, 2.45) is 0 Å². The van der Waals surface area contributed by atoms with Gasteiger partial charge in [-0.15, -0.1) is 0 Å². The lowest BCUT2D eigenvalue weighted by Crippen LogP contribution is -2.30. The van der Waals surface area contributed by atoms with Gasteiger partial charge in [0.05, 0.1) is 0 Å². The van der Waals surface area contributed by atoms with Gasteiger partial charge in [-0.05, 0) is 177 Å². The van der Waals surface area contributed by atoms with Crippen LogP contribution in [0.15, 0.2) is 255 Å². The molecule has 9 aromatic rings. The van der Waals surface area contributed by atoms with Crippen molar-refractivity contribution in [3.8, 4) is 22.6 Å². The SMILES string of the molecule is C=C(C)C(=O)Oc1ccc(C2(c3ccc(N(c4ccc(C)cc4)c4ccc(-c5ccc(C)cc5)cc4)cc3)CCCCC2)cc1.C=CC(=O)Oc1ccc(CCc2ccc(N(c3ccccc3)c3ccccc3)cc2)cc1. The minimum Gasteiger partial charge on any atom is -0.423 e. The summed E-state index contributed by atoms with van der Waals surface area (Å²) in [5.41, 5.74) is 17.1. The zero-order valence-electron chi connectivity index (χ0n) is 44.4. The number of nitrogens with zero attached hydrogens (tertiary/aromatic N) is 2. The van der Waals surface area contributed by atoms with Crippen LogP contribution < -0.4 is 19.3 Å². The van der Waals surface area contributed by atoms with Gasteiger partial charge >= 0.3 is 11.9 Å². The Bertz CT molecular complexity index is 3330. The summed E-state index contributed by atoms with van der Waals surface area (Å²) in [6.45, 7) is 13.0. The van der Waals surface area contributed by atoms with Gasteiger partial charge in [-0.25, -0.2) is 9.59 Å². The van der Waals surface area contributed by atoms with Gasteiger partial charge in [0.15, 0.2) is 0 Å². The third-order valence-electron chi connectivity index (χ3n) is 14.4. The second-order valence-corrected chi connectivity index (χ2v) is 19.9. The molecule has 0 radical (unpaired) electrons. The molecule has 0 unspecified atom stereocenters. The van der Waals surface area contributed by atoms with E-state index in [4.69, 9.17) is 9.47 Å². The molecule has 0 atom stereocenters. The Balaban J connectivity index is 0.000000199. The van der Waals surface area contributed by atoms with Crippen LogP contribution >= 0.6 is 0 Å². The predicted molar refractivity (Wildman–Crippen MR) is 318 cm³/mol. The first-order chi connectivity index (χ1) is 37.5. The van der Waals surface area contributed by atoms with Crippen molar-refractivity contribution in [1.82, 2.24) is 0 Å². The first-order valence-electron chi connectivity index (χ1n) is 26.6. The average molecular weight is 1010 g/mol. The van der Waals surface area contributed by atoms with Gasteiger partial charge in [0, 0.05) is 51.2 Å². The summed E-state index contributed by atoms with van der Waals surface area (Å²) in [6.07, 6.45) is 8.84. The number of rotatable bonds is 16. The minimum atomic E-state index is -0.446. The largest absolute Gasteiger partial charge is 0.423 e. The molecule has 0 bridgehead atoms. The van der Waals surface area contributed by atoms with Crippen LogP contribution in [-0.2, 0) is 27.8 Å². The van der Waals surface area contributed by atoms with Crippen molar-refractivity contribution in [3.05, 3.63) is 289 Å². The zero-order valence-corrected chi connectivity index (χ0v) is 44.4. The first kappa shape index (κ1) is 52.8. The Kier molecular flexibility index (Phi) is 17.2. The van der Waals surface area contributed by atoms with Gasteiger partial charge < -0.3 is 19.3 Å². The average Bonchev–Trinajstić information content (AvgIpc) is 3.48. The van der Waals surface area contributed by atoms with E-state index in [-0.39, 0.29) is 5.41 Å². The highest BCUT2D eigenvalue weighted by molar-refractivity contribution is 5.89. The van der Waals surface area contributed by atoms with Crippen molar-refractivity contribution < 1.29 is 19.1 Å². The summed E-state index contributed by atoms with van der Waals surface area (Å²) in [5.74, 6) is 0.242. The van der Waals surface area contributed by atoms with Crippen LogP contribution in [-0.4, -0.2) is 11.9 Å². The van der Waals surface area contributed by atoms with Crippen LogP contribution in [0.5, 0.6) is 11.5 Å². The monoisotopic (exact) mass is 1010 g/mol. The van der Waals surface area contributed by atoms with Crippen LogP contribution in [0.25, 0.3) is 11.1 Å². The van der Waals surface area contributed by atoms with E-state index < -0.39 is 11.9 Å². The summed E-state index contributed by atoms with van der Waals surface area (Å²) in [5, 5.41) is 0. The number of esters is 2. The molecule has 77 heavy (non-hydrogen) atoms. The molecule has 1 saturated carbocycles. The fourth-order valence-corrected chi connectivity index (χ4v) is 10.1. The second-order valence-electron chi connectivity index (χ2n) is 19.9.